The molecule has 0 atom stereocenters. The van der Waals surface area contributed by atoms with Crippen LogP contribution in [0.3, 0.4) is 0 Å². The third kappa shape index (κ3) is 4.29. The summed E-state index contributed by atoms with van der Waals surface area (Å²) >= 11 is 0. The van der Waals surface area contributed by atoms with Gasteiger partial charge in [-0.15, -0.1) is 0 Å². The summed E-state index contributed by atoms with van der Waals surface area (Å²) in [5.41, 5.74) is 2.90. The van der Waals surface area contributed by atoms with Crippen LogP contribution in [-0.4, -0.2) is 58.0 Å². The van der Waals surface area contributed by atoms with Gasteiger partial charge >= 0.3 is 0 Å². The molecule has 1 saturated heterocycles. The maximum Gasteiger partial charge on any atom is 0.246 e. The molecule has 2 aromatic carbocycles. The predicted molar refractivity (Wildman–Crippen MR) is 112 cm³/mol. The zero-order valence-corrected chi connectivity index (χ0v) is 17.0. The fourth-order valence-corrected chi connectivity index (χ4v) is 5.15. The van der Waals surface area contributed by atoms with Gasteiger partial charge < -0.3 is 15.0 Å². The second-order valence-corrected chi connectivity index (χ2v) is 9.11. The Hall–Kier alpha value is -2.42. The lowest BCUT2D eigenvalue weighted by Gasteiger charge is -2.29. The standard InChI is InChI=1S/C21H25N3O4S/c25-21(24-11-3-5-17-4-1-2-6-20(17)24)16-22-18-7-9-19(10-8-18)29(26,27)23-12-14-28-15-13-23/h1-2,4,6-10,22H,3,5,11-16H2. The maximum atomic E-state index is 12.7. The van der Waals surface area contributed by atoms with Crippen LogP contribution < -0.4 is 10.2 Å². The lowest BCUT2D eigenvalue weighted by Crippen LogP contribution is -2.40. The number of anilines is 2. The molecule has 1 N–H and O–H groups in total. The Morgan fingerprint density at radius 2 is 1.72 bits per heavy atom. The van der Waals surface area contributed by atoms with Gasteiger partial charge in [0.25, 0.3) is 0 Å². The van der Waals surface area contributed by atoms with Crippen molar-refractivity contribution in [1.29, 1.82) is 0 Å². The van der Waals surface area contributed by atoms with Gasteiger partial charge in [-0.3, -0.25) is 4.79 Å². The molecule has 2 aliphatic heterocycles. The highest BCUT2D eigenvalue weighted by Gasteiger charge is 2.26. The molecule has 0 saturated carbocycles. The van der Waals surface area contributed by atoms with E-state index in [0.29, 0.717) is 38.5 Å². The van der Waals surface area contributed by atoms with Gasteiger partial charge in [0, 0.05) is 31.0 Å². The van der Waals surface area contributed by atoms with Crippen molar-refractivity contribution in [2.75, 3.05) is 49.6 Å². The first-order valence-corrected chi connectivity index (χ1v) is 11.3. The molecule has 0 aromatic heterocycles. The van der Waals surface area contributed by atoms with Crippen LogP contribution in [0, 0.1) is 0 Å². The molecule has 154 valence electrons. The van der Waals surface area contributed by atoms with Crippen LogP contribution in [0.15, 0.2) is 53.4 Å². The molecule has 1 fully saturated rings. The quantitative estimate of drug-likeness (QED) is 0.809. The molecule has 4 rings (SSSR count). The van der Waals surface area contributed by atoms with Gasteiger partial charge in [0.05, 0.1) is 24.7 Å². The molecule has 0 aliphatic carbocycles. The fraction of sp³-hybridized carbons (Fsp3) is 0.381. The third-order valence-corrected chi connectivity index (χ3v) is 7.23. The van der Waals surface area contributed by atoms with E-state index >= 15 is 0 Å². The van der Waals surface area contributed by atoms with Crippen LogP contribution >= 0.6 is 0 Å². The van der Waals surface area contributed by atoms with Crippen molar-refractivity contribution >= 4 is 27.3 Å². The highest BCUT2D eigenvalue weighted by atomic mass is 32.2. The number of para-hydroxylation sites is 1. The highest BCUT2D eigenvalue weighted by Crippen LogP contribution is 2.27. The van der Waals surface area contributed by atoms with E-state index in [1.54, 1.807) is 24.3 Å². The second-order valence-electron chi connectivity index (χ2n) is 7.17. The summed E-state index contributed by atoms with van der Waals surface area (Å²) in [4.78, 5) is 14.8. The van der Waals surface area contributed by atoms with E-state index in [2.05, 4.69) is 11.4 Å². The topological polar surface area (TPSA) is 79.0 Å². The van der Waals surface area contributed by atoms with Crippen molar-refractivity contribution in [3.63, 3.8) is 0 Å². The molecule has 0 spiro atoms. The molecule has 2 aromatic rings. The SMILES string of the molecule is O=C(CNc1ccc(S(=O)(=O)N2CCOCC2)cc1)N1CCCc2ccccc21. The zero-order chi connectivity index (χ0) is 20.3. The average molecular weight is 416 g/mol. The molecule has 2 aliphatic rings. The Labute approximate surface area is 171 Å². The highest BCUT2D eigenvalue weighted by molar-refractivity contribution is 7.89. The first-order valence-electron chi connectivity index (χ1n) is 9.86. The predicted octanol–water partition coefficient (Wildman–Crippen LogP) is 2.10. The fourth-order valence-electron chi connectivity index (χ4n) is 3.75. The Morgan fingerprint density at radius 3 is 2.48 bits per heavy atom. The number of carbonyl (C=O) groups excluding carboxylic acids is 1. The number of benzene rings is 2. The number of nitrogens with one attached hydrogen (secondary N) is 1. The number of aryl methyl sites for hydroxylation is 1. The van der Waals surface area contributed by atoms with Gasteiger partial charge in [-0.25, -0.2) is 8.42 Å². The van der Waals surface area contributed by atoms with Gasteiger partial charge in [0.1, 0.15) is 0 Å². The number of amides is 1. The lowest BCUT2D eigenvalue weighted by molar-refractivity contribution is -0.117. The molecule has 29 heavy (non-hydrogen) atoms. The van der Waals surface area contributed by atoms with Crippen LogP contribution in [0.1, 0.15) is 12.0 Å². The minimum absolute atomic E-state index is 0.00200. The number of rotatable bonds is 5. The molecule has 0 bridgehead atoms. The van der Waals surface area contributed by atoms with E-state index in [1.807, 2.05) is 23.1 Å². The Kier molecular flexibility index (Phi) is 5.84. The number of morpholine rings is 1. The first kappa shape index (κ1) is 19.9. The van der Waals surface area contributed by atoms with Crippen LogP contribution in [-0.2, 0) is 26.0 Å². The number of carbonyl (C=O) groups is 1. The normalized spacial score (nSPS) is 17.6. The molecule has 1 amide bonds. The molecule has 2 heterocycles. The summed E-state index contributed by atoms with van der Waals surface area (Å²) in [6, 6.07) is 14.5. The van der Waals surface area contributed by atoms with Crippen LogP contribution in [0.25, 0.3) is 0 Å². The minimum Gasteiger partial charge on any atom is -0.379 e. The van der Waals surface area contributed by atoms with E-state index in [1.165, 1.54) is 9.87 Å². The number of hydrogen-bond acceptors (Lipinski definition) is 5. The number of ether oxygens (including phenoxy) is 1. The van der Waals surface area contributed by atoms with Gasteiger partial charge in [0.15, 0.2) is 0 Å². The first-order chi connectivity index (χ1) is 14.1. The van der Waals surface area contributed by atoms with E-state index in [-0.39, 0.29) is 17.3 Å². The average Bonchev–Trinajstić information content (AvgIpc) is 2.78. The Morgan fingerprint density at radius 1 is 1.00 bits per heavy atom. The zero-order valence-electron chi connectivity index (χ0n) is 16.2. The molecule has 0 unspecified atom stereocenters. The van der Waals surface area contributed by atoms with Crippen molar-refractivity contribution in [3.05, 3.63) is 54.1 Å². The van der Waals surface area contributed by atoms with Crippen molar-refractivity contribution < 1.29 is 17.9 Å². The van der Waals surface area contributed by atoms with E-state index in [4.69, 9.17) is 4.74 Å². The number of fused-ring (bicyclic) bond motifs is 1. The Balaban J connectivity index is 1.39. The smallest absolute Gasteiger partial charge is 0.246 e. The number of hydrogen-bond donors (Lipinski definition) is 1. The van der Waals surface area contributed by atoms with Gasteiger partial charge in [-0.05, 0) is 48.7 Å². The minimum atomic E-state index is -3.51. The summed E-state index contributed by atoms with van der Waals surface area (Å²) < 4.78 is 32.0. The van der Waals surface area contributed by atoms with Crippen LogP contribution in [0.5, 0.6) is 0 Å². The summed E-state index contributed by atoms with van der Waals surface area (Å²) in [5.74, 6) is 0.00200. The van der Waals surface area contributed by atoms with Crippen molar-refractivity contribution in [2.45, 2.75) is 17.7 Å². The largest absolute Gasteiger partial charge is 0.379 e. The maximum absolute atomic E-state index is 12.7. The molecular formula is C21H25N3O4S. The summed E-state index contributed by atoms with van der Waals surface area (Å²) in [6.07, 6.45) is 1.95. The van der Waals surface area contributed by atoms with Crippen molar-refractivity contribution in [3.8, 4) is 0 Å². The summed E-state index contributed by atoms with van der Waals surface area (Å²) in [7, 11) is -3.51. The lowest BCUT2D eigenvalue weighted by atomic mass is 10.0. The molecule has 8 heteroatoms. The van der Waals surface area contributed by atoms with Crippen LogP contribution in [0.2, 0.25) is 0 Å². The molecular weight excluding hydrogens is 390 g/mol. The number of nitrogens with zero attached hydrogens (tertiary/aromatic N) is 2. The second kappa shape index (κ2) is 8.52. The monoisotopic (exact) mass is 415 g/mol. The van der Waals surface area contributed by atoms with E-state index < -0.39 is 10.0 Å². The number of sulfonamides is 1. The van der Waals surface area contributed by atoms with Gasteiger partial charge in [-0.2, -0.15) is 4.31 Å². The summed E-state index contributed by atoms with van der Waals surface area (Å²) in [5, 5.41) is 3.11. The summed E-state index contributed by atoms with van der Waals surface area (Å²) in [6.45, 7) is 2.45. The molecule has 0 radical (unpaired) electrons. The van der Waals surface area contributed by atoms with Gasteiger partial charge in [0.2, 0.25) is 15.9 Å². The van der Waals surface area contributed by atoms with Crippen LogP contribution in [0.4, 0.5) is 11.4 Å². The molecule has 7 nitrogen and oxygen atoms in total. The van der Waals surface area contributed by atoms with Crippen molar-refractivity contribution in [2.24, 2.45) is 0 Å². The van der Waals surface area contributed by atoms with Crippen molar-refractivity contribution in [1.82, 2.24) is 4.31 Å². The van der Waals surface area contributed by atoms with E-state index in [9.17, 15) is 13.2 Å². The third-order valence-electron chi connectivity index (χ3n) is 5.32. The Bertz CT molecular complexity index is 970. The van der Waals surface area contributed by atoms with Gasteiger partial charge in [-0.1, -0.05) is 18.2 Å². The van der Waals surface area contributed by atoms with E-state index in [0.717, 1.165) is 18.5 Å².